The van der Waals surface area contributed by atoms with Crippen LogP contribution in [-0.2, 0) is 11.3 Å². The van der Waals surface area contributed by atoms with Gasteiger partial charge in [0.15, 0.2) is 0 Å². The molecule has 7 rings (SSSR count). The Morgan fingerprint density at radius 3 is 2.27 bits per heavy atom. The molecule has 4 aliphatic rings. The molecule has 12 nitrogen and oxygen atoms in total. The van der Waals surface area contributed by atoms with Crippen molar-refractivity contribution in [2.45, 2.75) is 123 Å². The second-order valence-electron chi connectivity index (χ2n) is 17.8. The molecule has 2 aromatic carbocycles. The van der Waals surface area contributed by atoms with E-state index in [9.17, 15) is 13.0 Å². The molecule has 350 valence electrons. The largest absolute Gasteiger partial charge is 0.218 e. The molecule has 0 spiro atoms. The number of hydrogen-bond acceptors (Lipinski definition) is 11. The number of carbonyl (C=O) groups excluding carboxylic acids is 2. The average molecular weight is 999 g/mol. The summed E-state index contributed by atoms with van der Waals surface area (Å²) in [5, 5.41) is 3.52. The second kappa shape index (κ2) is 26.1. The number of unbranched alkanes of at least 4 members (excludes halogenated alkanes) is 1. The third kappa shape index (κ3) is 15.2. The molecule has 2 unspecified atom stereocenters. The molecule has 4 N–H and O–H groups in total. The first-order valence-electron chi connectivity index (χ1n) is 23.8. The number of alkyl halides is 1. The first-order chi connectivity index (χ1) is 30.5. The van der Waals surface area contributed by atoms with Crippen LogP contribution < -0.4 is 42.5 Å². The molecule has 3 saturated heterocycles. The Bertz CT molecular complexity index is 1850. The fourth-order valence-electron chi connectivity index (χ4n) is 8.85. The van der Waals surface area contributed by atoms with Crippen LogP contribution in [0.5, 0.6) is 0 Å². The number of aromatic nitrogens is 2. The van der Waals surface area contributed by atoms with Crippen LogP contribution in [0.25, 0.3) is 0 Å². The maximum atomic E-state index is 13.1. The summed E-state index contributed by atoms with van der Waals surface area (Å²) in [6, 6.07) is 16.8. The molecule has 4 aliphatic heterocycles. The predicted octanol–water partition coefficient (Wildman–Crippen LogP) is 5.10. The fourth-order valence-corrected chi connectivity index (χ4v) is 10.7. The zero-order valence-electron chi connectivity index (χ0n) is 39.3. The van der Waals surface area contributed by atoms with Gasteiger partial charge in [-0.3, -0.25) is 4.90 Å². The minimum absolute atomic E-state index is 0.137. The van der Waals surface area contributed by atoms with Gasteiger partial charge < -0.3 is 10.2 Å². The Balaban J connectivity index is 0.000000607. The van der Waals surface area contributed by atoms with Crippen LogP contribution in [-0.4, -0.2) is 115 Å². The van der Waals surface area contributed by atoms with E-state index in [-0.39, 0.29) is 5.91 Å². The number of aryl methyl sites for hydroxylation is 1. The van der Waals surface area contributed by atoms with Gasteiger partial charge in [-0.05, 0) is 67.8 Å². The van der Waals surface area contributed by atoms with Gasteiger partial charge in [0.25, 0.3) is 0 Å². The van der Waals surface area contributed by atoms with Crippen LogP contribution in [0.1, 0.15) is 115 Å². The van der Waals surface area contributed by atoms with E-state index in [1.54, 1.807) is 4.90 Å². The van der Waals surface area contributed by atoms with Crippen molar-refractivity contribution in [3.8, 4) is 0 Å². The Morgan fingerprint density at radius 1 is 0.921 bits per heavy atom. The van der Waals surface area contributed by atoms with Gasteiger partial charge in [-0.15, -0.1) is 0 Å². The Morgan fingerprint density at radius 2 is 1.62 bits per heavy atom. The summed E-state index contributed by atoms with van der Waals surface area (Å²) in [6.45, 7) is 25.1. The molecule has 0 saturated carbocycles. The molecule has 0 aliphatic carbocycles. The number of carbonyl (C=O) groups is 2. The molecule has 14 heteroatoms. The SMILES string of the molecule is CC.CCCCC(C)C(C)C.Cc1ccnc(NC2CCN(Sc3cccc(N4CCN(CC5CCN(c6ccc7c(c6)CN(C(CC[I-]O)C(N)=O)C7=O)CC5)CC4)c3)CC2)n1. The van der Waals surface area contributed by atoms with Gasteiger partial charge in [0.2, 0.25) is 5.95 Å². The van der Waals surface area contributed by atoms with Crippen molar-refractivity contribution in [2.24, 2.45) is 23.5 Å². The van der Waals surface area contributed by atoms with Crippen molar-refractivity contribution in [1.82, 2.24) is 24.1 Å². The number of amides is 2. The molecule has 2 atom stereocenters. The van der Waals surface area contributed by atoms with Crippen LogP contribution in [0.15, 0.2) is 59.6 Å². The van der Waals surface area contributed by atoms with E-state index in [1.807, 2.05) is 51.0 Å². The number of piperazine rings is 1. The van der Waals surface area contributed by atoms with Crippen molar-refractivity contribution in [3.63, 3.8) is 0 Å². The summed E-state index contributed by atoms with van der Waals surface area (Å²) >= 11 is 0.926. The van der Waals surface area contributed by atoms with Gasteiger partial charge >= 0.3 is 152 Å². The van der Waals surface area contributed by atoms with E-state index in [0.29, 0.717) is 34.9 Å². The summed E-state index contributed by atoms with van der Waals surface area (Å²) in [5.74, 6) is 2.57. The molecule has 2 amide bonds. The Labute approximate surface area is 394 Å². The summed E-state index contributed by atoms with van der Waals surface area (Å²) < 4.78 is 12.4. The van der Waals surface area contributed by atoms with E-state index in [4.69, 9.17) is 5.73 Å². The van der Waals surface area contributed by atoms with Crippen molar-refractivity contribution in [1.29, 1.82) is 0 Å². The Kier molecular flexibility index (Phi) is 21.0. The van der Waals surface area contributed by atoms with Crippen molar-refractivity contribution < 1.29 is 34.6 Å². The summed E-state index contributed by atoms with van der Waals surface area (Å²) in [7, 11) is 0. The number of rotatable bonds is 17. The molecule has 0 radical (unpaired) electrons. The summed E-state index contributed by atoms with van der Waals surface area (Å²) in [5.41, 5.74) is 10.7. The van der Waals surface area contributed by atoms with E-state index >= 15 is 0 Å². The number of halogens is 1. The Hall–Kier alpha value is -3.18. The van der Waals surface area contributed by atoms with Crippen molar-refractivity contribution in [2.75, 3.05) is 78.4 Å². The average Bonchev–Trinajstić information content (AvgIpc) is 3.62. The fraction of sp³-hybridized carbons (Fsp3) is 0.633. The number of primary amides is 1. The molecule has 3 aromatic rings. The zero-order chi connectivity index (χ0) is 45.3. The van der Waals surface area contributed by atoms with E-state index in [2.05, 4.69) is 98.4 Å². The molecule has 63 heavy (non-hydrogen) atoms. The number of anilines is 3. The van der Waals surface area contributed by atoms with Gasteiger partial charge in [0.05, 0.1) is 0 Å². The number of hydrogen-bond donors (Lipinski definition) is 3. The van der Waals surface area contributed by atoms with Gasteiger partial charge in [-0.1, -0.05) is 66.9 Å². The zero-order valence-corrected chi connectivity index (χ0v) is 42.2. The topological polar surface area (TPSA) is 134 Å². The van der Waals surface area contributed by atoms with Crippen molar-refractivity contribution >= 4 is 41.1 Å². The second-order valence-corrected chi connectivity index (χ2v) is 20.8. The summed E-state index contributed by atoms with van der Waals surface area (Å²) in [4.78, 5) is 44.6. The molecule has 1 aromatic heterocycles. The van der Waals surface area contributed by atoms with E-state index < -0.39 is 33.6 Å². The predicted molar refractivity (Wildman–Crippen MR) is 257 cm³/mol. The van der Waals surface area contributed by atoms with Gasteiger partial charge in [0.1, 0.15) is 0 Å². The van der Waals surface area contributed by atoms with Crippen LogP contribution in [0.2, 0.25) is 0 Å². The minimum Gasteiger partial charge on any atom is -0.218 e. The first-order valence-corrected chi connectivity index (χ1v) is 27.0. The quantitative estimate of drug-likeness (QED) is 0.0949. The number of piperidine rings is 2. The maximum Gasteiger partial charge on any atom is 0.0306 e. The number of nitrogens with two attached hydrogens (primary N) is 1. The number of fused-ring (bicyclic) bond motifs is 1. The first kappa shape index (κ1) is 50.8. The van der Waals surface area contributed by atoms with Gasteiger partial charge in [0, 0.05) is 74.3 Å². The molecular formula is C49H77IN9O3S-. The summed E-state index contributed by atoms with van der Waals surface area (Å²) in [6.07, 6.45) is 10.9. The molecule has 3 fully saturated rings. The van der Waals surface area contributed by atoms with Gasteiger partial charge in [-0.25, -0.2) is 14.3 Å². The van der Waals surface area contributed by atoms with Gasteiger partial charge in [-0.2, -0.15) is 0 Å². The normalized spacial score (nSPS) is 18.7. The van der Waals surface area contributed by atoms with Crippen LogP contribution in [0, 0.1) is 24.7 Å². The van der Waals surface area contributed by atoms with Crippen LogP contribution in [0.3, 0.4) is 0 Å². The standard InChI is InChI=1S/C38H51IN9O3S.C9H20.C2H6/c1-27-8-14-41-38(42-27)43-30-11-17-47(18-12-30)52-33-4-2-3-31(24-33)46-21-19-44(20-22-46)25-28-9-15-45(16-10-28)32-5-6-34-29(23-32)26-48(37(34)50)35(36(40)49)7-13-39-51;1-5-6-7-9(4)8(2)3;1-2/h2-6,8,14,23-24,28,30,35,51H,7,9-13,15-22,25-26H2,1H3,(H2,40,49)(H,41,42,43);8-9H,5-7H2,1-4H3;1-2H3/q-1;;. The molecular weight excluding hydrogens is 922 g/mol. The van der Waals surface area contributed by atoms with E-state index in [1.165, 1.54) is 29.8 Å². The van der Waals surface area contributed by atoms with Crippen molar-refractivity contribution in [3.05, 3.63) is 71.5 Å². The number of nitrogens with one attached hydrogen (secondary N) is 1. The maximum absolute atomic E-state index is 13.1. The smallest absolute Gasteiger partial charge is 0.0306 e. The monoisotopic (exact) mass is 998 g/mol. The number of benzene rings is 2. The van der Waals surface area contributed by atoms with Crippen LogP contribution in [0.4, 0.5) is 17.3 Å². The van der Waals surface area contributed by atoms with Crippen LogP contribution >= 0.6 is 11.9 Å². The minimum atomic E-state index is -0.953. The third-order valence-electron chi connectivity index (χ3n) is 13.1. The third-order valence-corrected chi connectivity index (χ3v) is 15.3. The molecule has 0 bridgehead atoms. The number of nitrogens with zero attached hydrogens (tertiary/aromatic N) is 7. The van der Waals surface area contributed by atoms with E-state index in [0.717, 1.165) is 119 Å². The molecule has 5 heterocycles.